The quantitative estimate of drug-likeness (QED) is 0.349. The molecule has 0 saturated carbocycles. The van der Waals surface area contributed by atoms with Crippen LogP contribution in [-0.4, -0.2) is 50.5 Å². The van der Waals surface area contributed by atoms with E-state index in [4.69, 9.17) is 0 Å². The molecule has 0 fully saturated rings. The molecule has 0 aliphatic heterocycles. The Morgan fingerprint density at radius 1 is 0.947 bits per heavy atom. The fourth-order valence-corrected chi connectivity index (χ4v) is 5.61. The van der Waals surface area contributed by atoms with E-state index >= 15 is 0 Å². The van der Waals surface area contributed by atoms with E-state index in [9.17, 15) is 18.0 Å². The number of likely N-dealkylation sites (N-methyl/N-ethyl adjacent to an activating group) is 1. The molecule has 0 unspecified atom stereocenters. The van der Waals surface area contributed by atoms with Crippen LogP contribution < -0.4 is 9.62 Å². The van der Waals surface area contributed by atoms with E-state index in [2.05, 4.69) is 21.2 Å². The van der Waals surface area contributed by atoms with Crippen LogP contribution in [0, 0.1) is 13.8 Å². The number of hydrogen-bond donors (Lipinski definition) is 1. The first-order valence-corrected chi connectivity index (χ1v) is 15.0. The van der Waals surface area contributed by atoms with Gasteiger partial charge in [-0.3, -0.25) is 13.9 Å². The highest BCUT2D eigenvalue weighted by Crippen LogP contribution is 2.25. The van der Waals surface area contributed by atoms with Crippen molar-refractivity contribution in [3.8, 4) is 0 Å². The number of halogens is 1. The average Bonchev–Trinajstić information content (AvgIpc) is 2.86. The molecule has 0 aliphatic rings. The van der Waals surface area contributed by atoms with Gasteiger partial charge in [0.1, 0.15) is 12.6 Å². The molecule has 9 heteroatoms. The molecule has 0 aromatic heterocycles. The zero-order chi connectivity index (χ0) is 27.9. The molecule has 3 rings (SSSR count). The number of carbonyl (C=O) groups is 2. The SMILES string of the molecule is CCNC(=O)[C@@H](Cc1ccccc1)N(Cc1cccc(Br)c1)C(=O)CN(c1cc(C)ccc1C)S(C)(=O)=O. The van der Waals surface area contributed by atoms with Crippen molar-refractivity contribution in [3.63, 3.8) is 0 Å². The molecule has 7 nitrogen and oxygen atoms in total. The van der Waals surface area contributed by atoms with Crippen molar-refractivity contribution >= 4 is 43.5 Å². The van der Waals surface area contributed by atoms with Gasteiger partial charge in [0.2, 0.25) is 21.8 Å². The number of amides is 2. The zero-order valence-corrected chi connectivity index (χ0v) is 24.6. The van der Waals surface area contributed by atoms with Crippen molar-refractivity contribution in [1.82, 2.24) is 10.2 Å². The highest BCUT2D eigenvalue weighted by molar-refractivity contribution is 9.10. The molecule has 0 heterocycles. The van der Waals surface area contributed by atoms with Crippen LogP contribution >= 0.6 is 15.9 Å². The normalized spacial score (nSPS) is 12.0. The van der Waals surface area contributed by atoms with Gasteiger partial charge in [-0.05, 0) is 61.2 Å². The van der Waals surface area contributed by atoms with Crippen molar-refractivity contribution in [3.05, 3.63) is 99.5 Å². The summed E-state index contributed by atoms with van der Waals surface area (Å²) >= 11 is 3.48. The summed E-state index contributed by atoms with van der Waals surface area (Å²) in [6, 6.07) is 21.6. The van der Waals surface area contributed by atoms with Gasteiger partial charge in [-0.25, -0.2) is 8.42 Å². The third-order valence-corrected chi connectivity index (χ3v) is 7.80. The molecule has 0 spiro atoms. The minimum atomic E-state index is -3.80. The predicted octanol–water partition coefficient (Wildman–Crippen LogP) is 4.61. The molecule has 202 valence electrons. The number of nitrogens with one attached hydrogen (secondary N) is 1. The largest absolute Gasteiger partial charge is 0.355 e. The number of hydrogen-bond acceptors (Lipinski definition) is 4. The first-order chi connectivity index (χ1) is 18.0. The van der Waals surface area contributed by atoms with Crippen molar-refractivity contribution < 1.29 is 18.0 Å². The van der Waals surface area contributed by atoms with Gasteiger partial charge in [0.05, 0.1) is 11.9 Å². The Balaban J connectivity index is 2.07. The zero-order valence-electron chi connectivity index (χ0n) is 22.1. The summed E-state index contributed by atoms with van der Waals surface area (Å²) in [4.78, 5) is 28.9. The van der Waals surface area contributed by atoms with Crippen molar-refractivity contribution in [1.29, 1.82) is 0 Å². The standard InChI is InChI=1S/C29H34BrN3O4S/c1-5-31-29(35)27(18-23-10-7-6-8-11-23)32(19-24-12-9-13-25(30)17-24)28(34)20-33(38(4,36)37)26-16-21(2)14-15-22(26)3/h6-17,27H,5,18-20H2,1-4H3,(H,31,35)/t27-/m1/s1. The van der Waals surface area contributed by atoms with Gasteiger partial charge >= 0.3 is 0 Å². The van der Waals surface area contributed by atoms with Gasteiger partial charge in [-0.1, -0.05) is 70.5 Å². The van der Waals surface area contributed by atoms with Crippen LogP contribution in [0.15, 0.2) is 77.3 Å². The number of anilines is 1. The summed E-state index contributed by atoms with van der Waals surface area (Å²) in [5.74, 6) is -0.763. The molecule has 3 aromatic carbocycles. The number of aryl methyl sites for hydroxylation is 2. The van der Waals surface area contributed by atoms with Crippen molar-refractivity contribution in [2.75, 3.05) is 23.7 Å². The van der Waals surface area contributed by atoms with Crippen LogP contribution in [0.5, 0.6) is 0 Å². The molecule has 38 heavy (non-hydrogen) atoms. The van der Waals surface area contributed by atoms with Crippen molar-refractivity contribution in [2.45, 2.75) is 39.8 Å². The molecule has 1 N–H and O–H groups in total. The van der Waals surface area contributed by atoms with Gasteiger partial charge in [-0.2, -0.15) is 0 Å². The lowest BCUT2D eigenvalue weighted by molar-refractivity contribution is -0.140. The van der Waals surface area contributed by atoms with Crippen LogP contribution in [0.25, 0.3) is 0 Å². The number of carbonyl (C=O) groups excluding carboxylic acids is 2. The number of nitrogens with zero attached hydrogens (tertiary/aromatic N) is 2. The lowest BCUT2D eigenvalue weighted by atomic mass is 10.0. The lowest BCUT2D eigenvalue weighted by Gasteiger charge is -2.33. The monoisotopic (exact) mass is 599 g/mol. The summed E-state index contributed by atoms with van der Waals surface area (Å²) in [5, 5.41) is 2.86. The Morgan fingerprint density at radius 2 is 1.63 bits per heavy atom. The van der Waals surface area contributed by atoms with Gasteiger partial charge in [0.25, 0.3) is 0 Å². The second-order valence-corrected chi connectivity index (χ2v) is 12.1. The van der Waals surface area contributed by atoms with E-state index in [1.165, 1.54) is 4.90 Å². The Kier molecular flexibility index (Phi) is 10.1. The second-order valence-electron chi connectivity index (χ2n) is 9.31. The molecule has 0 radical (unpaired) electrons. The van der Waals surface area contributed by atoms with Crippen LogP contribution in [0.4, 0.5) is 5.69 Å². The molecule has 0 bridgehead atoms. The summed E-state index contributed by atoms with van der Waals surface area (Å²) in [6.07, 6.45) is 1.38. The second kappa shape index (κ2) is 13.1. The fraction of sp³-hybridized carbons (Fsp3) is 0.310. The molecule has 0 aliphatic carbocycles. The number of sulfonamides is 1. The maximum atomic E-state index is 14.0. The minimum Gasteiger partial charge on any atom is -0.355 e. The topological polar surface area (TPSA) is 86.8 Å². The summed E-state index contributed by atoms with van der Waals surface area (Å²) in [7, 11) is -3.80. The van der Waals surface area contributed by atoms with E-state index in [0.29, 0.717) is 12.2 Å². The summed E-state index contributed by atoms with van der Waals surface area (Å²) in [6.45, 7) is 5.61. The molecular weight excluding hydrogens is 566 g/mol. The van der Waals surface area contributed by atoms with Crippen LogP contribution in [0.1, 0.15) is 29.2 Å². The number of benzene rings is 3. The van der Waals surface area contributed by atoms with Gasteiger partial charge in [0.15, 0.2) is 0 Å². The molecule has 0 saturated heterocycles. The maximum absolute atomic E-state index is 14.0. The van der Waals surface area contributed by atoms with Gasteiger partial charge in [-0.15, -0.1) is 0 Å². The van der Waals surface area contributed by atoms with E-state index in [0.717, 1.165) is 37.3 Å². The molecule has 2 amide bonds. The highest BCUT2D eigenvalue weighted by Gasteiger charge is 2.33. The Hall–Kier alpha value is -3.17. The van der Waals surface area contributed by atoms with E-state index in [1.807, 2.05) is 87.5 Å². The molecular formula is C29H34BrN3O4S. The number of rotatable bonds is 11. The first-order valence-electron chi connectivity index (χ1n) is 12.4. The molecule has 1 atom stereocenters. The van der Waals surface area contributed by atoms with Crippen LogP contribution in [0.2, 0.25) is 0 Å². The Labute approximate surface area is 234 Å². The Morgan fingerprint density at radius 3 is 2.26 bits per heavy atom. The minimum absolute atomic E-state index is 0.136. The van der Waals surface area contributed by atoms with Crippen LogP contribution in [0.3, 0.4) is 0 Å². The molecule has 3 aromatic rings. The highest BCUT2D eigenvalue weighted by atomic mass is 79.9. The lowest BCUT2D eigenvalue weighted by Crippen LogP contribution is -2.53. The van der Waals surface area contributed by atoms with Crippen LogP contribution in [-0.2, 0) is 32.6 Å². The van der Waals surface area contributed by atoms with E-state index < -0.39 is 28.5 Å². The van der Waals surface area contributed by atoms with Gasteiger partial charge in [0, 0.05) is 24.0 Å². The smallest absolute Gasteiger partial charge is 0.244 e. The van der Waals surface area contributed by atoms with Gasteiger partial charge < -0.3 is 10.2 Å². The Bertz CT molecular complexity index is 1380. The maximum Gasteiger partial charge on any atom is 0.244 e. The van der Waals surface area contributed by atoms with E-state index in [1.54, 1.807) is 6.07 Å². The van der Waals surface area contributed by atoms with E-state index in [-0.39, 0.29) is 18.9 Å². The predicted molar refractivity (Wildman–Crippen MR) is 155 cm³/mol. The fourth-order valence-electron chi connectivity index (χ4n) is 4.26. The third-order valence-electron chi connectivity index (χ3n) is 6.18. The first kappa shape index (κ1) is 29.4. The average molecular weight is 601 g/mol. The van der Waals surface area contributed by atoms with Crippen molar-refractivity contribution in [2.24, 2.45) is 0 Å². The summed E-state index contributed by atoms with van der Waals surface area (Å²) < 4.78 is 27.8. The third kappa shape index (κ3) is 7.91. The summed E-state index contributed by atoms with van der Waals surface area (Å²) in [5.41, 5.74) is 3.76.